The fourth-order valence-electron chi connectivity index (χ4n) is 4.53. The summed E-state index contributed by atoms with van der Waals surface area (Å²) in [4.78, 5) is 30.2. The highest BCUT2D eigenvalue weighted by Gasteiger charge is 2.22. The quantitative estimate of drug-likeness (QED) is 0.561. The smallest absolute Gasteiger partial charge is 0.336 e. The van der Waals surface area contributed by atoms with Crippen LogP contribution in [-0.2, 0) is 4.57 Å². The lowest BCUT2D eigenvalue weighted by molar-refractivity contribution is -0.725. The van der Waals surface area contributed by atoms with E-state index < -0.39 is 13.4 Å². The van der Waals surface area contributed by atoms with Crippen LogP contribution in [0.25, 0.3) is 11.0 Å². The van der Waals surface area contributed by atoms with Crippen LogP contribution < -0.4 is 20.4 Å². The van der Waals surface area contributed by atoms with Crippen LogP contribution in [0.2, 0.25) is 0 Å². The predicted octanol–water partition coefficient (Wildman–Crippen LogP) is 3.16. The Morgan fingerprint density at radius 3 is 2.13 bits per heavy atom. The lowest BCUT2D eigenvalue weighted by atomic mass is 9.91. The van der Waals surface area contributed by atoms with Gasteiger partial charge < -0.3 is 24.0 Å². The average Bonchev–Trinajstić information content (AvgIpc) is 2.68. The normalized spacial score (nSPS) is 20.2. The molecule has 2 aromatic rings. The summed E-state index contributed by atoms with van der Waals surface area (Å²) >= 11 is 0. The molecule has 1 atom stereocenters. The molecule has 0 aliphatic heterocycles. The Bertz CT molecular complexity index is 909. The second kappa shape index (κ2) is 10.6. The maximum atomic E-state index is 11.1. The Morgan fingerprint density at radius 1 is 1.03 bits per heavy atom. The van der Waals surface area contributed by atoms with Crippen LogP contribution in [0, 0.1) is 6.92 Å². The van der Waals surface area contributed by atoms with Crippen molar-refractivity contribution < 1.29 is 28.6 Å². The highest BCUT2D eigenvalue weighted by atomic mass is 31.2. The molecule has 3 N–H and O–H groups in total. The third kappa shape index (κ3) is 7.24. The zero-order valence-electron chi connectivity index (χ0n) is 17.5. The van der Waals surface area contributed by atoms with Gasteiger partial charge in [0.25, 0.3) is 0 Å². The van der Waals surface area contributed by atoms with Gasteiger partial charge in [0.2, 0.25) is 0 Å². The Kier molecular flexibility index (Phi) is 8.12. The average molecular weight is 437 g/mol. The summed E-state index contributed by atoms with van der Waals surface area (Å²) in [5.74, 6) is -0.118. The first-order valence-electron chi connectivity index (χ1n) is 10.9. The number of hydrogen-bond donors (Lipinski definition) is 2. The molecule has 1 aromatic heterocycles. The summed E-state index contributed by atoms with van der Waals surface area (Å²) in [5, 5.41) is 3.38. The van der Waals surface area contributed by atoms with Crippen LogP contribution in [0.15, 0.2) is 33.5 Å². The van der Waals surface area contributed by atoms with E-state index in [0.717, 1.165) is 12.1 Å². The van der Waals surface area contributed by atoms with E-state index >= 15 is 0 Å². The zero-order valence-corrected chi connectivity index (χ0v) is 18.4. The van der Waals surface area contributed by atoms with Crippen LogP contribution in [0.5, 0.6) is 5.75 Å². The highest BCUT2D eigenvalue weighted by molar-refractivity contribution is 7.45. The number of rotatable bonds is 4. The molecule has 0 radical (unpaired) electrons. The number of benzene rings is 1. The monoisotopic (exact) mass is 437 g/mol. The second-order valence-electron chi connectivity index (χ2n) is 8.45. The van der Waals surface area contributed by atoms with E-state index in [1.54, 1.807) is 13.0 Å². The molecular weight excluding hydrogens is 405 g/mol. The maximum absolute atomic E-state index is 11.1. The van der Waals surface area contributed by atoms with Crippen molar-refractivity contribution in [2.45, 2.75) is 83.2 Å². The van der Waals surface area contributed by atoms with Gasteiger partial charge in [-0.2, -0.15) is 0 Å². The molecule has 30 heavy (non-hydrogen) atoms. The van der Waals surface area contributed by atoms with Gasteiger partial charge in [0.15, 0.2) is 0 Å². The maximum Gasteiger partial charge on any atom is 0.336 e. The fraction of sp³-hybridized carbons (Fsp3) is 0.591. The minimum atomic E-state index is -4.86. The summed E-state index contributed by atoms with van der Waals surface area (Å²) in [6.45, 7) is 1.73. The molecule has 2 fully saturated rings. The predicted molar refractivity (Wildman–Crippen MR) is 113 cm³/mol. The molecule has 0 bridgehead atoms. The lowest BCUT2D eigenvalue weighted by Crippen LogP contribution is -2.95. The Morgan fingerprint density at radius 2 is 1.60 bits per heavy atom. The van der Waals surface area contributed by atoms with Crippen LogP contribution in [0.1, 0.15) is 69.8 Å². The summed E-state index contributed by atoms with van der Waals surface area (Å²) < 4.78 is 19.7. The van der Waals surface area contributed by atoms with Crippen LogP contribution in [0.4, 0.5) is 0 Å². The van der Waals surface area contributed by atoms with Crippen LogP contribution in [0.3, 0.4) is 0 Å². The third-order valence-corrected chi connectivity index (χ3v) is 6.43. The fourth-order valence-corrected chi connectivity index (χ4v) is 4.91. The number of aryl methyl sites for hydroxylation is 1. The van der Waals surface area contributed by atoms with Crippen LogP contribution in [-0.4, -0.2) is 17.0 Å². The van der Waals surface area contributed by atoms with E-state index in [2.05, 4.69) is 9.84 Å². The molecule has 8 heteroatoms. The molecule has 1 aromatic carbocycles. The molecule has 2 saturated carbocycles. The molecule has 1 unspecified atom stereocenters. The summed E-state index contributed by atoms with van der Waals surface area (Å²) in [7, 11) is -4.86. The number of hydrogen-bond acceptors (Lipinski definition) is 5. The number of phosphoric ester groups is 1. The van der Waals surface area contributed by atoms with Gasteiger partial charge in [-0.1, -0.05) is 12.8 Å². The molecule has 4 rings (SSSR count). The van der Waals surface area contributed by atoms with Gasteiger partial charge >= 0.3 is 13.4 Å². The van der Waals surface area contributed by atoms with Crippen molar-refractivity contribution in [3.63, 3.8) is 0 Å². The SMILES string of the molecule is C1CCC([NH2+]C2CCCCC2)CC1.Cc1cc(=O)oc2cc(OP(=O)([O-])O)ccc12. The lowest BCUT2D eigenvalue weighted by Gasteiger charge is -2.27. The second-order valence-corrected chi connectivity index (χ2v) is 9.57. The number of quaternary nitrogens is 1. The molecule has 7 nitrogen and oxygen atoms in total. The van der Waals surface area contributed by atoms with Gasteiger partial charge in [-0.15, -0.1) is 0 Å². The van der Waals surface area contributed by atoms with E-state index in [1.807, 2.05) is 0 Å². The van der Waals surface area contributed by atoms with E-state index in [0.29, 0.717) is 10.9 Å². The van der Waals surface area contributed by atoms with E-state index in [4.69, 9.17) is 9.31 Å². The first-order chi connectivity index (χ1) is 14.3. The van der Waals surface area contributed by atoms with Gasteiger partial charge in [0.1, 0.15) is 11.3 Å². The van der Waals surface area contributed by atoms with Crippen LogP contribution >= 0.6 is 7.82 Å². The van der Waals surface area contributed by atoms with Gasteiger partial charge in [0.05, 0.1) is 12.1 Å². The Hall–Kier alpha value is -1.66. The molecule has 166 valence electrons. The summed E-state index contributed by atoms with van der Waals surface area (Å²) in [6, 6.07) is 7.45. The topological polar surface area (TPSA) is 116 Å². The summed E-state index contributed by atoms with van der Waals surface area (Å²) in [6.07, 6.45) is 15.0. The van der Waals surface area contributed by atoms with Crippen molar-refractivity contribution in [1.82, 2.24) is 0 Å². The number of phosphoric acid groups is 1. The molecule has 0 saturated heterocycles. The molecule has 0 spiro atoms. The van der Waals surface area contributed by atoms with Gasteiger partial charge in [-0.3, -0.25) is 4.57 Å². The van der Waals surface area contributed by atoms with Crippen molar-refractivity contribution in [2.24, 2.45) is 0 Å². The first kappa shape index (κ1) is 23.0. The van der Waals surface area contributed by atoms with Crippen molar-refractivity contribution in [1.29, 1.82) is 0 Å². The number of fused-ring (bicyclic) bond motifs is 1. The van der Waals surface area contributed by atoms with Gasteiger partial charge in [-0.25, -0.2) is 4.79 Å². The first-order valence-corrected chi connectivity index (χ1v) is 12.4. The zero-order chi connectivity index (χ0) is 21.6. The van der Waals surface area contributed by atoms with Gasteiger partial charge in [-0.05, 0) is 76.0 Å². The number of nitrogens with two attached hydrogens (primary N) is 1. The third-order valence-electron chi connectivity index (χ3n) is 5.99. The standard InChI is InChI=1S/C12H23N.C10H9O6P/c1-3-7-11(8-4-1)13-12-9-5-2-6-10-12;1-6-4-10(11)15-9-5-7(2-3-8(6)9)16-17(12,13)14/h11-13H,1-10H2;2-5H,1H3,(H2,12,13,14). The van der Waals surface area contributed by atoms with Crippen molar-refractivity contribution >= 4 is 18.8 Å². The Balaban J connectivity index is 0.000000177. The molecule has 2 aliphatic rings. The minimum absolute atomic E-state index is 0.118. The van der Waals surface area contributed by atoms with Gasteiger partial charge in [0, 0.05) is 17.5 Å². The molecular formula is C22H32NO6P. The Labute approximate surface area is 177 Å². The van der Waals surface area contributed by atoms with Crippen molar-refractivity contribution in [3.8, 4) is 5.75 Å². The van der Waals surface area contributed by atoms with E-state index in [-0.39, 0.29) is 11.3 Å². The molecule has 2 aliphatic carbocycles. The van der Waals surface area contributed by atoms with Crippen molar-refractivity contribution in [3.05, 3.63) is 40.2 Å². The largest absolute Gasteiger partial charge is 0.746 e. The minimum Gasteiger partial charge on any atom is -0.746 e. The highest BCUT2D eigenvalue weighted by Crippen LogP contribution is 2.34. The molecule has 1 heterocycles. The van der Waals surface area contributed by atoms with Crippen molar-refractivity contribution in [2.75, 3.05) is 0 Å². The molecule has 0 amide bonds. The van der Waals surface area contributed by atoms with E-state index in [9.17, 15) is 14.3 Å². The van der Waals surface area contributed by atoms with E-state index in [1.165, 1.54) is 82.4 Å². The summed E-state index contributed by atoms with van der Waals surface area (Å²) in [5.41, 5.74) is 0.361.